The lowest BCUT2D eigenvalue weighted by Gasteiger charge is -2.14. The number of rotatable bonds is 5. The lowest BCUT2D eigenvalue weighted by molar-refractivity contribution is 0.0825. The fourth-order valence-corrected chi connectivity index (χ4v) is 2.22. The highest BCUT2D eigenvalue weighted by Gasteiger charge is 2.14. The van der Waals surface area contributed by atoms with Crippen LogP contribution in [0.15, 0.2) is 23.0 Å². The van der Waals surface area contributed by atoms with Crippen LogP contribution in [-0.2, 0) is 11.8 Å². The molecule has 0 aliphatic heterocycles. The van der Waals surface area contributed by atoms with E-state index in [2.05, 4.69) is 15.6 Å². The van der Waals surface area contributed by atoms with Gasteiger partial charge >= 0.3 is 0 Å². The third-order valence-corrected chi connectivity index (χ3v) is 3.18. The van der Waals surface area contributed by atoms with Gasteiger partial charge in [-0.15, -0.1) is 5.10 Å². The first-order valence-corrected chi connectivity index (χ1v) is 6.34. The number of nitrogens with zero attached hydrogens (tertiary/aromatic N) is 3. The SMILES string of the molecule is COC(CNC(=O)c1cn(C)nn1)c1ccsc1. The fourth-order valence-electron chi connectivity index (χ4n) is 1.52. The number of amides is 1. The van der Waals surface area contributed by atoms with Crippen LogP contribution in [0.4, 0.5) is 0 Å². The second-order valence-electron chi connectivity index (χ2n) is 3.77. The van der Waals surface area contributed by atoms with Crippen molar-refractivity contribution in [1.82, 2.24) is 20.3 Å². The maximum Gasteiger partial charge on any atom is 0.273 e. The van der Waals surface area contributed by atoms with Gasteiger partial charge in [0, 0.05) is 20.7 Å². The average Bonchev–Trinajstić information content (AvgIpc) is 3.01. The molecule has 0 radical (unpaired) electrons. The van der Waals surface area contributed by atoms with E-state index in [0.717, 1.165) is 5.56 Å². The Bertz CT molecular complexity index is 509. The van der Waals surface area contributed by atoms with Gasteiger partial charge in [0.25, 0.3) is 5.91 Å². The number of hydrogen-bond donors (Lipinski definition) is 1. The zero-order chi connectivity index (χ0) is 13.0. The monoisotopic (exact) mass is 266 g/mol. The summed E-state index contributed by atoms with van der Waals surface area (Å²) < 4.78 is 6.82. The summed E-state index contributed by atoms with van der Waals surface area (Å²) in [5.74, 6) is -0.250. The van der Waals surface area contributed by atoms with Crippen LogP contribution in [0, 0.1) is 0 Å². The Balaban J connectivity index is 1.92. The molecule has 2 heterocycles. The molecule has 18 heavy (non-hydrogen) atoms. The molecule has 0 saturated heterocycles. The summed E-state index contributed by atoms with van der Waals surface area (Å²) in [5, 5.41) is 14.2. The molecule has 0 spiro atoms. The first kappa shape index (κ1) is 12.7. The summed E-state index contributed by atoms with van der Waals surface area (Å²) in [7, 11) is 3.34. The van der Waals surface area contributed by atoms with E-state index in [1.54, 1.807) is 31.7 Å². The number of ether oxygens (including phenoxy) is 1. The zero-order valence-electron chi connectivity index (χ0n) is 10.2. The number of aryl methyl sites for hydroxylation is 1. The van der Waals surface area contributed by atoms with Crippen molar-refractivity contribution in [2.75, 3.05) is 13.7 Å². The molecule has 2 aromatic rings. The molecular formula is C11H14N4O2S. The summed E-state index contributed by atoms with van der Waals surface area (Å²) in [5.41, 5.74) is 1.36. The Morgan fingerprint density at radius 3 is 3.06 bits per heavy atom. The van der Waals surface area contributed by atoms with Crippen LogP contribution >= 0.6 is 11.3 Å². The third-order valence-electron chi connectivity index (χ3n) is 2.48. The predicted octanol–water partition coefficient (Wildman–Crippen LogP) is 0.994. The Kier molecular flexibility index (Phi) is 4.06. The Hall–Kier alpha value is -1.73. The van der Waals surface area contributed by atoms with Gasteiger partial charge in [-0.3, -0.25) is 9.48 Å². The van der Waals surface area contributed by atoms with E-state index in [-0.39, 0.29) is 12.0 Å². The number of carbonyl (C=O) groups is 1. The average molecular weight is 266 g/mol. The van der Waals surface area contributed by atoms with Crippen LogP contribution in [-0.4, -0.2) is 34.6 Å². The van der Waals surface area contributed by atoms with Gasteiger partial charge in [-0.25, -0.2) is 0 Å². The Morgan fingerprint density at radius 2 is 2.50 bits per heavy atom. The van der Waals surface area contributed by atoms with Gasteiger partial charge in [-0.2, -0.15) is 11.3 Å². The van der Waals surface area contributed by atoms with Gasteiger partial charge in [0.05, 0.1) is 6.20 Å². The molecule has 2 aromatic heterocycles. The topological polar surface area (TPSA) is 69.0 Å². The minimum atomic E-state index is -0.250. The minimum absolute atomic E-state index is 0.142. The van der Waals surface area contributed by atoms with Gasteiger partial charge in [-0.1, -0.05) is 5.21 Å². The maximum absolute atomic E-state index is 11.8. The normalized spacial score (nSPS) is 12.3. The van der Waals surface area contributed by atoms with Crippen LogP contribution in [0.1, 0.15) is 22.2 Å². The first-order chi connectivity index (χ1) is 8.70. The van der Waals surface area contributed by atoms with Crippen LogP contribution in [0.5, 0.6) is 0 Å². The quantitative estimate of drug-likeness (QED) is 0.876. The number of methoxy groups -OCH3 is 1. The van der Waals surface area contributed by atoms with Crippen LogP contribution in [0.3, 0.4) is 0 Å². The number of hydrogen-bond acceptors (Lipinski definition) is 5. The molecule has 2 rings (SSSR count). The number of carbonyl (C=O) groups excluding carboxylic acids is 1. The lowest BCUT2D eigenvalue weighted by atomic mass is 10.2. The highest BCUT2D eigenvalue weighted by Crippen LogP contribution is 2.18. The smallest absolute Gasteiger partial charge is 0.273 e. The van der Waals surface area contributed by atoms with Crippen molar-refractivity contribution < 1.29 is 9.53 Å². The zero-order valence-corrected chi connectivity index (χ0v) is 11.0. The Morgan fingerprint density at radius 1 is 1.67 bits per heavy atom. The molecule has 7 heteroatoms. The van der Waals surface area contributed by atoms with E-state index in [4.69, 9.17) is 4.74 Å². The van der Waals surface area contributed by atoms with Crippen molar-refractivity contribution in [3.63, 3.8) is 0 Å². The molecule has 1 unspecified atom stereocenters. The molecular weight excluding hydrogens is 252 g/mol. The second kappa shape index (κ2) is 5.74. The molecule has 1 amide bonds. The van der Waals surface area contributed by atoms with Crippen molar-refractivity contribution in [3.8, 4) is 0 Å². The van der Waals surface area contributed by atoms with E-state index in [9.17, 15) is 4.79 Å². The molecule has 6 nitrogen and oxygen atoms in total. The highest BCUT2D eigenvalue weighted by molar-refractivity contribution is 7.07. The number of nitrogens with one attached hydrogen (secondary N) is 1. The van der Waals surface area contributed by atoms with Crippen molar-refractivity contribution in [1.29, 1.82) is 0 Å². The minimum Gasteiger partial charge on any atom is -0.375 e. The standard InChI is InChI=1S/C11H14N4O2S/c1-15-6-9(13-14-15)11(16)12-5-10(17-2)8-3-4-18-7-8/h3-4,6-7,10H,5H2,1-2H3,(H,12,16). The van der Waals surface area contributed by atoms with Gasteiger partial charge < -0.3 is 10.1 Å². The Labute approximate surface area is 109 Å². The fraction of sp³-hybridized carbons (Fsp3) is 0.364. The van der Waals surface area contributed by atoms with Crippen molar-refractivity contribution >= 4 is 17.2 Å². The molecule has 0 aromatic carbocycles. The molecule has 96 valence electrons. The molecule has 0 saturated carbocycles. The van der Waals surface area contributed by atoms with Crippen LogP contribution in [0.25, 0.3) is 0 Å². The van der Waals surface area contributed by atoms with Gasteiger partial charge in [0.15, 0.2) is 5.69 Å². The molecule has 1 N–H and O–H groups in total. The largest absolute Gasteiger partial charge is 0.375 e. The third kappa shape index (κ3) is 2.93. The lowest BCUT2D eigenvalue weighted by Crippen LogP contribution is -2.29. The van der Waals surface area contributed by atoms with Crippen LogP contribution < -0.4 is 5.32 Å². The summed E-state index contributed by atoms with van der Waals surface area (Å²) in [6.07, 6.45) is 1.43. The van der Waals surface area contributed by atoms with E-state index >= 15 is 0 Å². The summed E-state index contributed by atoms with van der Waals surface area (Å²) in [6, 6.07) is 1.98. The number of thiophene rings is 1. The first-order valence-electron chi connectivity index (χ1n) is 5.40. The maximum atomic E-state index is 11.8. The molecule has 0 fully saturated rings. The van der Waals surface area contributed by atoms with Gasteiger partial charge in [0.2, 0.25) is 0 Å². The highest BCUT2D eigenvalue weighted by atomic mass is 32.1. The molecule has 0 bridgehead atoms. The summed E-state index contributed by atoms with van der Waals surface area (Å²) >= 11 is 1.60. The predicted molar refractivity (Wildman–Crippen MR) is 67.4 cm³/mol. The van der Waals surface area contributed by atoms with E-state index in [0.29, 0.717) is 12.2 Å². The van der Waals surface area contributed by atoms with E-state index in [1.165, 1.54) is 4.68 Å². The van der Waals surface area contributed by atoms with Gasteiger partial charge in [0.1, 0.15) is 6.10 Å². The van der Waals surface area contributed by atoms with Crippen molar-refractivity contribution in [3.05, 3.63) is 34.3 Å². The molecule has 0 aliphatic rings. The molecule has 1 atom stereocenters. The van der Waals surface area contributed by atoms with Gasteiger partial charge in [-0.05, 0) is 22.4 Å². The van der Waals surface area contributed by atoms with Crippen molar-refractivity contribution in [2.24, 2.45) is 7.05 Å². The second-order valence-corrected chi connectivity index (χ2v) is 4.55. The van der Waals surface area contributed by atoms with E-state index in [1.807, 2.05) is 16.8 Å². The van der Waals surface area contributed by atoms with E-state index < -0.39 is 0 Å². The summed E-state index contributed by atoms with van der Waals surface area (Å²) in [6.45, 7) is 0.405. The number of aromatic nitrogens is 3. The summed E-state index contributed by atoms with van der Waals surface area (Å²) in [4.78, 5) is 11.8. The van der Waals surface area contributed by atoms with Crippen LogP contribution in [0.2, 0.25) is 0 Å². The molecule has 0 aliphatic carbocycles. The van der Waals surface area contributed by atoms with Crippen molar-refractivity contribution in [2.45, 2.75) is 6.10 Å².